The molecule has 0 aliphatic carbocycles. The van der Waals surface area contributed by atoms with Crippen LogP contribution >= 0.6 is 0 Å². The van der Waals surface area contributed by atoms with Gasteiger partial charge in [0.1, 0.15) is 11.5 Å². The van der Waals surface area contributed by atoms with E-state index in [-0.39, 0.29) is 23.8 Å². The van der Waals surface area contributed by atoms with E-state index in [1.165, 1.54) is 13.2 Å². The predicted octanol–water partition coefficient (Wildman–Crippen LogP) is 3.05. The van der Waals surface area contributed by atoms with E-state index in [4.69, 9.17) is 15.2 Å². The molecule has 2 aromatic carbocycles. The maximum absolute atomic E-state index is 12.2. The Labute approximate surface area is 165 Å². The van der Waals surface area contributed by atoms with E-state index in [1.807, 2.05) is 24.3 Å². The van der Waals surface area contributed by atoms with Crippen molar-refractivity contribution >= 4 is 23.2 Å². The normalized spacial score (nSPS) is 10.5. The number of nitrogens with two attached hydrogens (primary N) is 1. The Morgan fingerprint density at radius 3 is 2.36 bits per heavy atom. The molecule has 0 spiro atoms. The molecule has 0 saturated heterocycles. The van der Waals surface area contributed by atoms with Gasteiger partial charge in [-0.25, -0.2) is 0 Å². The average molecular weight is 385 g/mol. The summed E-state index contributed by atoms with van der Waals surface area (Å²) in [6.07, 6.45) is 0. The van der Waals surface area contributed by atoms with Gasteiger partial charge in [0.2, 0.25) is 0 Å². The van der Waals surface area contributed by atoms with Crippen LogP contribution in [0.1, 0.15) is 31.1 Å². The van der Waals surface area contributed by atoms with E-state index in [9.17, 15) is 9.59 Å². The number of nitrogens with one attached hydrogen (secondary N) is 1. The fourth-order valence-corrected chi connectivity index (χ4v) is 2.88. The van der Waals surface area contributed by atoms with Crippen LogP contribution in [0.5, 0.6) is 11.5 Å². The number of hydrogen-bond donors (Lipinski definition) is 2. The second kappa shape index (κ2) is 9.64. The Morgan fingerprint density at radius 1 is 1.14 bits per heavy atom. The number of amides is 2. The fraction of sp³-hybridized carbons (Fsp3) is 0.333. The summed E-state index contributed by atoms with van der Waals surface area (Å²) in [6, 6.07) is 12.7. The Balaban J connectivity index is 1.99. The van der Waals surface area contributed by atoms with Gasteiger partial charge in [-0.1, -0.05) is 0 Å². The van der Waals surface area contributed by atoms with Crippen molar-refractivity contribution in [3.8, 4) is 11.5 Å². The van der Waals surface area contributed by atoms with Crippen LogP contribution in [0, 0.1) is 0 Å². The zero-order chi connectivity index (χ0) is 20.7. The minimum absolute atomic E-state index is 0.157. The summed E-state index contributed by atoms with van der Waals surface area (Å²) in [4.78, 5) is 26.0. The molecule has 28 heavy (non-hydrogen) atoms. The molecule has 3 N–H and O–H groups in total. The molecule has 2 rings (SSSR count). The molecule has 0 aliphatic rings. The van der Waals surface area contributed by atoms with Crippen LogP contribution in [0.2, 0.25) is 0 Å². The van der Waals surface area contributed by atoms with Crippen molar-refractivity contribution in [3.63, 3.8) is 0 Å². The maximum Gasteiger partial charge on any atom is 0.262 e. The Hall–Kier alpha value is -3.22. The van der Waals surface area contributed by atoms with Crippen molar-refractivity contribution in [2.45, 2.75) is 26.8 Å². The minimum Gasteiger partial charge on any atom is -0.497 e. The molecule has 150 valence electrons. The summed E-state index contributed by atoms with van der Waals surface area (Å²) in [6.45, 7) is 7.03. The van der Waals surface area contributed by atoms with Gasteiger partial charge in [-0.3, -0.25) is 9.59 Å². The Bertz CT molecular complexity index is 819. The third kappa shape index (κ3) is 5.39. The number of benzene rings is 2. The first-order valence-corrected chi connectivity index (χ1v) is 9.12. The summed E-state index contributed by atoms with van der Waals surface area (Å²) < 4.78 is 10.5. The van der Waals surface area contributed by atoms with E-state index in [0.29, 0.717) is 17.5 Å². The van der Waals surface area contributed by atoms with Crippen LogP contribution in [0.3, 0.4) is 0 Å². The lowest BCUT2D eigenvalue weighted by Gasteiger charge is -2.27. The van der Waals surface area contributed by atoms with Gasteiger partial charge >= 0.3 is 0 Å². The number of ether oxygens (including phenoxy) is 2. The van der Waals surface area contributed by atoms with E-state index in [0.717, 1.165) is 12.2 Å². The summed E-state index contributed by atoms with van der Waals surface area (Å²) in [7, 11) is 1.49. The lowest BCUT2D eigenvalue weighted by Crippen LogP contribution is -2.30. The Morgan fingerprint density at radius 2 is 1.82 bits per heavy atom. The predicted molar refractivity (Wildman–Crippen MR) is 110 cm³/mol. The summed E-state index contributed by atoms with van der Waals surface area (Å²) >= 11 is 0. The maximum atomic E-state index is 12.2. The quantitative estimate of drug-likeness (QED) is 0.692. The average Bonchev–Trinajstić information content (AvgIpc) is 2.67. The molecule has 0 aliphatic heterocycles. The molecule has 7 heteroatoms. The number of nitrogens with zero attached hydrogens (tertiary/aromatic N) is 1. The standard InChI is InChI=1S/C21H27N3O4/c1-5-24(14(2)3)16-8-6-15(7-9-16)23-20(25)13-28-19-11-10-17(27-4)12-18(19)21(22)26/h6-12,14H,5,13H2,1-4H3,(H2,22,26)(H,23,25). The van der Waals surface area contributed by atoms with Crippen molar-refractivity contribution in [1.29, 1.82) is 0 Å². The fourth-order valence-electron chi connectivity index (χ4n) is 2.88. The van der Waals surface area contributed by atoms with Crippen molar-refractivity contribution in [2.75, 3.05) is 30.5 Å². The van der Waals surface area contributed by atoms with Crippen LogP contribution < -0.4 is 25.4 Å². The smallest absolute Gasteiger partial charge is 0.262 e. The van der Waals surface area contributed by atoms with Crippen molar-refractivity contribution in [2.24, 2.45) is 5.73 Å². The molecule has 0 fully saturated rings. The van der Waals surface area contributed by atoms with Crippen molar-refractivity contribution < 1.29 is 19.1 Å². The van der Waals surface area contributed by atoms with Gasteiger partial charge in [-0.15, -0.1) is 0 Å². The van der Waals surface area contributed by atoms with Gasteiger partial charge in [0.05, 0.1) is 12.7 Å². The second-order valence-corrected chi connectivity index (χ2v) is 6.49. The summed E-state index contributed by atoms with van der Waals surface area (Å²) in [5, 5.41) is 2.77. The molecule has 2 aromatic rings. The van der Waals surface area contributed by atoms with Crippen LogP contribution in [-0.4, -0.2) is 38.1 Å². The third-order valence-corrected chi connectivity index (χ3v) is 4.26. The minimum atomic E-state index is -0.657. The molecule has 0 aromatic heterocycles. The topological polar surface area (TPSA) is 93.9 Å². The highest BCUT2D eigenvalue weighted by Crippen LogP contribution is 2.24. The van der Waals surface area contributed by atoms with Gasteiger partial charge in [0.15, 0.2) is 6.61 Å². The first kappa shape index (κ1) is 21.1. The van der Waals surface area contributed by atoms with Gasteiger partial charge in [0, 0.05) is 24.0 Å². The van der Waals surface area contributed by atoms with Gasteiger partial charge in [-0.2, -0.15) is 0 Å². The lowest BCUT2D eigenvalue weighted by molar-refractivity contribution is -0.118. The van der Waals surface area contributed by atoms with Crippen LogP contribution in [0.15, 0.2) is 42.5 Å². The molecule has 0 heterocycles. The number of carbonyl (C=O) groups is 2. The molecule has 0 atom stereocenters. The molecule has 0 unspecified atom stereocenters. The first-order valence-electron chi connectivity index (χ1n) is 9.12. The number of primary amides is 1. The number of methoxy groups -OCH3 is 1. The first-order chi connectivity index (χ1) is 13.3. The van der Waals surface area contributed by atoms with Gasteiger partial charge < -0.3 is 25.4 Å². The highest BCUT2D eigenvalue weighted by molar-refractivity contribution is 5.96. The second-order valence-electron chi connectivity index (χ2n) is 6.49. The highest BCUT2D eigenvalue weighted by Gasteiger charge is 2.13. The van der Waals surface area contributed by atoms with E-state index < -0.39 is 5.91 Å². The van der Waals surface area contributed by atoms with E-state index in [2.05, 4.69) is 31.0 Å². The van der Waals surface area contributed by atoms with Crippen molar-refractivity contribution in [1.82, 2.24) is 0 Å². The van der Waals surface area contributed by atoms with Crippen LogP contribution in [0.25, 0.3) is 0 Å². The summed E-state index contributed by atoms with van der Waals surface area (Å²) in [5.41, 5.74) is 7.28. The monoisotopic (exact) mass is 385 g/mol. The number of carbonyl (C=O) groups excluding carboxylic acids is 2. The lowest BCUT2D eigenvalue weighted by atomic mass is 10.2. The Kier molecular flexibility index (Phi) is 7.26. The largest absolute Gasteiger partial charge is 0.497 e. The van der Waals surface area contributed by atoms with Gasteiger partial charge in [0.25, 0.3) is 11.8 Å². The SMILES string of the molecule is CCN(c1ccc(NC(=O)COc2ccc(OC)cc2C(N)=O)cc1)C(C)C. The molecule has 7 nitrogen and oxygen atoms in total. The van der Waals surface area contributed by atoms with E-state index in [1.54, 1.807) is 12.1 Å². The molecular formula is C21H27N3O4. The zero-order valence-electron chi connectivity index (χ0n) is 16.7. The number of rotatable bonds is 9. The number of anilines is 2. The van der Waals surface area contributed by atoms with Crippen LogP contribution in [-0.2, 0) is 4.79 Å². The molecule has 0 radical (unpaired) electrons. The zero-order valence-corrected chi connectivity index (χ0v) is 16.7. The molecule has 0 saturated carbocycles. The van der Waals surface area contributed by atoms with Gasteiger partial charge in [-0.05, 0) is 63.2 Å². The third-order valence-electron chi connectivity index (χ3n) is 4.26. The summed E-state index contributed by atoms with van der Waals surface area (Å²) in [5.74, 6) is -0.284. The molecule has 0 bridgehead atoms. The van der Waals surface area contributed by atoms with E-state index >= 15 is 0 Å². The van der Waals surface area contributed by atoms with Crippen LogP contribution in [0.4, 0.5) is 11.4 Å². The highest BCUT2D eigenvalue weighted by atomic mass is 16.5. The number of hydrogen-bond acceptors (Lipinski definition) is 5. The molecular weight excluding hydrogens is 358 g/mol. The molecule has 2 amide bonds. The van der Waals surface area contributed by atoms with Crippen molar-refractivity contribution in [3.05, 3.63) is 48.0 Å².